The molecule has 2 unspecified atom stereocenters. The maximum Gasteiger partial charge on any atom is 0.311 e. The van der Waals surface area contributed by atoms with E-state index < -0.39 is 17.9 Å². The Balaban J connectivity index is 2.35. The summed E-state index contributed by atoms with van der Waals surface area (Å²) in [5.74, 6) is 0.646. The van der Waals surface area contributed by atoms with E-state index in [1.165, 1.54) is 4.90 Å². The SMILES string of the molecule is C#CCC(N)C(=O)N1CCC(C(=O)O)c2ccccc21. The monoisotopic (exact) mass is 272 g/mol. The summed E-state index contributed by atoms with van der Waals surface area (Å²) in [6, 6.07) is 6.26. The smallest absolute Gasteiger partial charge is 0.311 e. The molecule has 1 aliphatic rings. The summed E-state index contributed by atoms with van der Waals surface area (Å²) in [4.78, 5) is 25.1. The number of nitrogens with zero attached hydrogens (tertiary/aromatic N) is 1. The molecule has 0 aromatic heterocycles. The van der Waals surface area contributed by atoms with E-state index in [-0.39, 0.29) is 12.3 Å². The van der Waals surface area contributed by atoms with Crippen LogP contribution >= 0.6 is 0 Å². The number of carbonyl (C=O) groups excluding carboxylic acids is 1. The second-order valence-corrected chi connectivity index (χ2v) is 4.74. The van der Waals surface area contributed by atoms with E-state index in [0.29, 0.717) is 24.2 Å². The number of hydrogen-bond donors (Lipinski definition) is 2. The minimum Gasteiger partial charge on any atom is -0.481 e. The summed E-state index contributed by atoms with van der Waals surface area (Å²) in [6.07, 6.45) is 5.72. The number of carboxylic acids is 1. The molecule has 1 amide bonds. The molecule has 20 heavy (non-hydrogen) atoms. The van der Waals surface area contributed by atoms with Gasteiger partial charge in [-0.25, -0.2) is 0 Å². The number of carboxylic acid groups (broad SMARTS) is 1. The Hall–Kier alpha value is -2.32. The lowest BCUT2D eigenvalue weighted by molar-refractivity contribution is -0.139. The van der Waals surface area contributed by atoms with Crippen LogP contribution in [0.5, 0.6) is 0 Å². The van der Waals surface area contributed by atoms with Gasteiger partial charge in [0, 0.05) is 18.7 Å². The number of hydrogen-bond acceptors (Lipinski definition) is 3. The second-order valence-electron chi connectivity index (χ2n) is 4.74. The highest BCUT2D eigenvalue weighted by Crippen LogP contribution is 2.35. The van der Waals surface area contributed by atoms with Crippen LogP contribution in [-0.4, -0.2) is 29.6 Å². The molecule has 0 aliphatic carbocycles. The number of aliphatic carboxylic acids is 1. The minimum atomic E-state index is -0.877. The number of para-hydroxylation sites is 1. The fourth-order valence-corrected chi connectivity index (χ4v) is 2.46. The first-order valence-corrected chi connectivity index (χ1v) is 6.38. The first-order valence-electron chi connectivity index (χ1n) is 6.38. The van der Waals surface area contributed by atoms with Crippen molar-refractivity contribution in [2.24, 2.45) is 5.73 Å². The van der Waals surface area contributed by atoms with Crippen LogP contribution in [0, 0.1) is 12.3 Å². The van der Waals surface area contributed by atoms with E-state index in [0.717, 1.165) is 0 Å². The Morgan fingerprint density at radius 1 is 1.50 bits per heavy atom. The van der Waals surface area contributed by atoms with E-state index in [1.54, 1.807) is 24.3 Å². The highest BCUT2D eigenvalue weighted by molar-refractivity contribution is 5.99. The van der Waals surface area contributed by atoms with Crippen molar-refractivity contribution in [1.82, 2.24) is 0 Å². The highest BCUT2D eigenvalue weighted by Gasteiger charge is 2.33. The average molecular weight is 272 g/mol. The zero-order chi connectivity index (χ0) is 14.7. The number of carbonyl (C=O) groups is 2. The summed E-state index contributed by atoms with van der Waals surface area (Å²) < 4.78 is 0. The lowest BCUT2D eigenvalue weighted by Gasteiger charge is -2.33. The molecule has 0 saturated carbocycles. The van der Waals surface area contributed by atoms with Crippen LogP contribution in [0.3, 0.4) is 0 Å². The van der Waals surface area contributed by atoms with Crippen LogP contribution in [0.2, 0.25) is 0 Å². The number of rotatable bonds is 3. The maximum absolute atomic E-state index is 12.3. The van der Waals surface area contributed by atoms with Crippen molar-refractivity contribution in [3.05, 3.63) is 29.8 Å². The van der Waals surface area contributed by atoms with Crippen molar-refractivity contribution < 1.29 is 14.7 Å². The van der Waals surface area contributed by atoms with Gasteiger partial charge in [0.15, 0.2) is 0 Å². The third kappa shape index (κ3) is 2.51. The molecule has 0 spiro atoms. The normalized spacial score (nSPS) is 18.8. The summed E-state index contributed by atoms with van der Waals surface area (Å²) in [5.41, 5.74) is 7.02. The molecule has 0 radical (unpaired) electrons. The van der Waals surface area contributed by atoms with Crippen molar-refractivity contribution in [2.75, 3.05) is 11.4 Å². The first kappa shape index (κ1) is 14.1. The van der Waals surface area contributed by atoms with Gasteiger partial charge in [-0.05, 0) is 18.1 Å². The second kappa shape index (κ2) is 5.76. The Morgan fingerprint density at radius 2 is 2.20 bits per heavy atom. The molecular formula is C15H16N2O3. The standard InChI is InChI=1S/C15H16N2O3/c1-2-5-12(16)14(18)17-9-8-11(15(19)20)10-6-3-4-7-13(10)17/h1,3-4,6-7,11-12H,5,8-9,16H2,(H,19,20). The van der Waals surface area contributed by atoms with Crippen LogP contribution in [0.15, 0.2) is 24.3 Å². The van der Waals surface area contributed by atoms with Gasteiger partial charge in [-0.3, -0.25) is 9.59 Å². The van der Waals surface area contributed by atoms with E-state index in [2.05, 4.69) is 5.92 Å². The van der Waals surface area contributed by atoms with Crippen LogP contribution in [0.4, 0.5) is 5.69 Å². The Kier molecular flexibility index (Phi) is 4.06. The van der Waals surface area contributed by atoms with Crippen LogP contribution in [0.25, 0.3) is 0 Å². The van der Waals surface area contributed by atoms with Gasteiger partial charge in [0.05, 0.1) is 12.0 Å². The predicted octanol–water partition coefficient (Wildman–Crippen LogP) is 0.942. The van der Waals surface area contributed by atoms with Crippen LogP contribution in [0.1, 0.15) is 24.3 Å². The van der Waals surface area contributed by atoms with E-state index in [4.69, 9.17) is 12.2 Å². The molecule has 1 aromatic carbocycles. The Morgan fingerprint density at radius 3 is 2.85 bits per heavy atom. The van der Waals surface area contributed by atoms with Gasteiger partial charge < -0.3 is 15.7 Å². The Bertz CT molecular complexity index is 577. The molecule has 0 bridgehead atoms. The summed E-state index contributed by atoms with van der Waals surface area (Å²) in [6.45, 7) is 0.338. The molecule has 0 fully saturated rings. The summed E-state index contributed by atoms with van der Waals surface area (Å²) in [5, 5.41) is 9.25. The van der Waals surface area contributed by atoms with E-state index >= 15 is 0 Å². The molecule has 1 aromatic rings. The molecule has 0 saturated heterocycles. The average Bonchev–Trinajstić information content (AvgIpc) is 2.45. The van der Waals surface area contributed by atoms with Crippen molar-refractivity contribution in [3.8, 4) is 12.3 Å². The highest BCUT2D eigenvalue weighted by atomic mass is 16.4. The quantitative estimate of drug-likeness (QED) is 0.802. The van der Waals surface area contributed by atoms with Crippen LogP contribution < -0.4 is 10.6 Å². The number of fused-ring (bicyclic) bond motifs is 1. The summed E-state index contributed by atoms with van der Waals surface area (Å²) in [7, 11) is 0. The lowest BCUT2D eigenvalue weighted by atomic mass is 9.89. The molecule has 104 valence electrons. The fourth-order valence-electron chi connectivity index (χ4n) is 2.46. The molecule has 3 N–H and O–H groups in total. The zero-order valence-corrected chi connectivity index (χ0v) is 11.0. The molecule has 5 heteroatoms. The third-order valence-corrected chi connectivity index (χ3v) is 3.46. The molecule has 2 rings (SSSR count). The molecule has 1 aliphatic heterocycles. The molecule has 1 heterocycles. The van der Waals surface area contributed by atoms with E-state index in [9.17, 15) is 14.7 Å². The number of nitrogens with two attached hydrogens (primary N) is 1. The lowest BCUT2D eigenvalue weighted by Crippen LogP contribution is -2.46. The van der Waals surface area contributed by atoms with Gasteiger partial charge in [0.2, 0.25) is 5.91 Å². The number of terminal acetylenes is 1. The van der Waals surface area contributed by atoms with Gasteiger partial charge >= 0.3 is 5.97 Å². The minimum absolute atomic E-state index is 0.167. The van der Waals surface area contributed by atoms with Gasteiger partial charge in [0.25, 0.3) is 0 Å². The van der Waals surface area contributed by atoms with Crippen LogP contribution in [-0.2, 0) is 9.59 Å². The maximum atomic E-state index is 12.3. The topological polar surface area (TPSA) is 83.6 Å². The first-order chi connectivity index (χ1) is 9.56. The van der Waals surface area contributed by atoms with Crippen molar-refractivity contribution in [3.63, 3.8) is 0 Å². The van der Waals surface area contributed by atoms with Crippen molar-refractivity contribution in [2.45, 2.75) is 24.8 Å². The number of anilines is 1. The van der Waals surface area contributed by atoms with Gasteiger partial charge in [-0.2, -0.15) is 0 Å². The number of benzene rings is 1. The zero-order valence-electron chi connectivity index (χ0n) is 11.0. The van der Waals surface area contributed by atoms with Gasteiger partial charge in [-0.1, -0.05) is 18.2 Å². The predicted molar refractivity (Wildman–Crippen MR) is 75.2 cm³/mol. The van der Waals surface area contributed by atoms with Crippen molar-refractivity contribution in [1.29, 1.82) is 0 Å². The van der Waals surface area contributed by atoms with Gasteiger partial charge in [0.1, 0.15) is 0 Å². The Labute approximate surface area is 117 Å². The van der Waals surface area contributed by atoms with E-state index in [1.807, 2.05) is 0 Å². The summed E-state index contributed by atoms with van der Waals surface area (Å²) >= 11 is 0. The number of amides is 1. The fraction of sp³-hybridized carbons (Fsp3) is 0.333. The van der Waals surface area contributed by atoms with Crippen molar-refractivity contribution >= 4 is 17.6 Å². The molecule has 2 atom stereocenters. The van der Waals surface area contributed by atoms with Gasteiger partial charge in [-0.15, -0.1) is 12.3 Å². The third-order valence-electron chi connectivity index (χ3n) is 3.46. The molecular weight excluding hydrogens is 256 g/mol. The molecule has 5 nitrogen and oxygen atoms in total. The largest absolute Gasteiger partial charge is 0.481 e.